The molecule has 1 rings (SSSR count). The average Bonchev–Trinajstić information content (AvgIpc) is 2.51. The number of hydrogen-bond donors (Lipinski definition) is 1. The number of amides is 1. The van der Waals surface area contributed by atoms with Crippen LogP contribution in [0.5, 0.6) is 11.5 Å². The average molecular weight is 308 g/mol. The highest BCUT2D eigenvalue weighted by Crippen LogP contribution is 2.17. The van der Waals surface area contributed by atoms with Crippen molar-refractivity contribution in [3.8, 4) is 11.5 Å². The van der Waals surface area contributed by atoms with E-state index in [9.17, 15) is 4.79 Å². The monoisotopic (exact) mass is 308 g/mol. The number of carbonyl (C=O) groups excluding carboxylic acids is 1. The Kier molecular flexibility index (Phi) is 7.18. The summed E-state index contributed by atoms with van der Waals surface area (Å²) in [6, 6.07) is 7.42. The van der Waals surface area contributed by atoms with Crippen LogP contribution in [0.4, 0.5) is 0 Å². The summed E-state index contributed by atoms with van der Waals surface area (Å²) < 4.78 is 10.7. The van der Waals surface area contributed by atoms with Crippen molar-refractivity contribution >= 4 is 5.91 Å². The number of nitrogens with two attached hydrogens (primary N) is 1. The number of hydrogen-bond acceptors (Lipinski definition) is 4. The van der Waals surface area contributed by atoms with Crippen LogP contribution in [0, 0.1) is 5.41 Å². The zero-order chi connectivity index (χ0) is 16.6. The molecular weight excluding hydrogens is 280 g/mol. The van der Waals surface area contributed by atoms with Crippen LogP contribution < -0.4 is 15.2 Å². The van der Waals surface area contributed by atoms with Crippen molar-refractivity contribution in [2.24, 2.45) is 11.1 Å². The lowest BCUT2D eigenvalue weighted by atomic mass is 9.93. The van der Waals surface area contributed by atoms with E-state index in [0.717, 1.165) is 11.5 Å². The highest BCUT2D eigenvalue weighted by atomic mass is 16.5. The molecule has 1 amide bonds. The SMILES string of the molecule is COc1ccc(OCCCC(=O)N(C)CC(C)(C)CN)cc1. The molecule has 0 saturated heterocycles. The first-order chi connectivity index (χ1) is 10.4. The van der Waals surface area contributed by atoms with Crippen molar-refractivity contribution in [2.75, 3.05) is 33.9 Å². The quantitative estimate of drug-likeness (QED) is 0.711. The molecule has 0 bridgehead atoms. The van der Waals surface area contributed by atoms with Crippen LogP contribution >= 0.6 is 0 Å². The Morgan fingerprint density at radius 3 is 2.36 bits per heavy atom. The molecular formula is C17H28N2O3. The maximum absolute atomic E-state index is 12.0. The molecule has 0 aromatic heterocycles. The van der Waals surface area contributed by atoms with E-state index in [4.69, 9.17) is 15.2 Å². The lowest BCUT2D eigenvalue weighted by molar-refractivity contribution is -0.131. The fourth-order valence-electron chi connectivity index (χ4n) is 2.07. The Morgan fingerprint density at radius 2 is 1.82 bits per heavy atom. The lowest BCUT2D eigenvalue weighted by Gasteiger charge is -2.29. The minimum Gasteiger partial charge on any atom is -0.497 e. The Bertz CT molecular complexity index is 457. The predicted molar refractivity (Wildman–Crippen MR) is 88.2 cm³/mol. The molecule has 2 N–H and O–H groups in total. The first-order valence-electron chi connectivity index (χ1n) is 7.59. The van der Waals surface area contributed by atoms with Crippen LogP contribution in [-0.4, -0.2) is 44.7 Å². The zero-order valence-electron chi connectivity index (χ0n) is 14.1. The second-order valence-corrected chi connectivity index (χ2v) is 6.25. The van der Waals surface area contributed by atoms with E-state index in [2.05, 4.69) is 13.8 Å². The Hall–Kier alpha value is -1.75. The number of ether oxygens (including phenoxy) is 2. The van der Waals surface area contributed by atoms with Crippen molar-refractivity contribution in [3.05, 3.63) is 24.3 Å². The van der Waals surface area contributed by atoms with Gasteiger partial charge in [0.05, 0.1) is 13.7 Å². The largest absolute Gasteiger partial charge is 0.497 e. The van der Waals surface area contributed by atoms with Gasteiger partial charge in [-0.2, -0.15) is 0 Å². The molecule has 0 saturated carbocycles. The first-order valence-corrected chi connectivity index (χ1v) is 7.59. The highest BCUT2D eigenvalue weighted by Gasteiger charge is 2.20. The smallest absolute Gasteiger partial charge is 0.222 e. The van der Waals surface area contributed by atoms with Crippen LogP contribution in [0.25, 0.3) is 0 Å². The summed E-state index contributed by atoms with van der Waals surface area (Å²) in [6.45, 7) is 5.87. The summed E-state index contributed by atoms with van der Waals surface area (Å²) in [5.41, 5.74) is 5.64. The van der Waals surface area contributed by atoms with Gasteiger partial charge in [-0.25, -0.2) is 0 Å². The molecule has 1 aromatic rings. The third-order valence-electron chi connectivity index (χ3n) is 3.51. The van der Waals surface area contributed by atoms with Crippen LogP contribution in [0.3, 0.4) is 0 Å². The van der Waals surface area contributed by atoms with Gasteiger partial charge in [0.2, 0.25) is 5.91 Å². The maximum atomic E-state index is 12.0. The second-order valence-electron chi connectivity index (χ2n) is 6.25. The van der Waals surface area contributed by atoms with Gasteiger partial charge in [-0.3, -0.25) is 4.79 Å². The molecule has 0 fully saturated rings. The second kappa shape index (κ2) is 8.63. The van der Waals surface area contributed by atoms with Crippen molar-refractivity contribution < 1.29 is 14.3 Å². The van der Waals surface area contributed by atoms with Gasteiger partial charge in [0, 0.05) is 20.0 Å². The Balaban J connectivity index is 2.27. The molecule has 5 heteroatoms. The summed E-state index contributed by atoms with van der Waals surface area (Å²) in [5.74, 6) is 1.71. The summed E-state index contributed by atoms with van der Waals surface area (Å²) in [6.07, 6.45) is 1.17. The zero-order valence-corrected chi connectivity index (χ0v) is 14.1. The van der Waals surface area contributed by atoms with E-state index in [1.807, 2.05) is 31.3 Å². The molecule has 0 radical (unpaired) electrons. The summed E-state index contributed by atoms with van der Waals surface area (Å²) >= 11 is 0. The molecule has 1 aromatic carbocycles. The molecule has 0 aliphatic rings. The number of methoxy groups -OCH3 is 1. The fraction of sp³-hybridized carbons (Fsp3) is 0.588. The molecule has 0 unspecified atom stereocenters. The van der Waals surface area contributed by atoms with Crippen molar-refractivity contribution in [1.82, 2.24) is 4.90 Å². The van der Waals surface area contributed by atoms with Gasteiger partial charge in [-0.15, -0.1) is 0 Å². The highest BCUT2D eigenvalue weighted by molar-refractivity contribution is 5.75. The lowest BCUT2D eigenvalue weighted by Crippen LogP contribution is -2.39. The van der Waals surface area contributed by atoms with Gasteiger partial charge < -0.3 is 20.1 Å². The molecule has 5 nitrogen and oxygen atoms in total. The minimum absolute atomic E-state index is 0.0516. The third kappa shape index (κ3) is 6.35. The van der Waals surface area contributed by atoms with Gasteiger partial charge in [-0.05, 0) is 42.6 Å². The van der Waals surface area contributed by atoms with E-state index in [0.29, 0.717) is 32.5 Å². The fourth-order valence-corrected chi connectivity index (χ4v) is 2.07. The molecule has 0 spiro atoms. The van der Waals surface area contributed by atoms with Gasteiger partial charge in [0.1, 0.15) is 11.5 Å². The summed E-state index contributed by atoms with van der Waals surface area (Å²) in [7, 11) is 3.45. The normalized spacial score (nSPS) is 11.1. The minimum atomic E-state index is -0.0516. The predicted octanol–water partition coefficient (Wildman–Crippen LogP) is 2.30. The van der Waals surface area contributed by atoms with Crippen molar-refractivity contribution in [3.63, 3.8) is 0 Å². The summed E-state index contributed by atoms with van der Waals surface area (Å²) in [5, 5.41) is 0. The maximum Gasteiger partial charge on any atom is 0.222 e. The number of carbonyl (C=O) groups is 1. The van der Waals surface area contributed by atoms with Gasteiger partial charge in [0.25, 0.3) is 0 Å². The molecule has 0 heterocycles. The van der Waals surface area contributed by atoms with E-state index in [1.165, 1.54) is 0 Å². The Morgan fingerprint density at radius 1 is 1.23 bits per heavy atom. The Labute approximate surface area is 133 Å². The first kappa shape index (κ1) is 18.3. The number of nitrogens with zero attached hydrogens (tertiary/aromatic N) is 1. The van der Waals surface area contributed by atoms with Crippen molar-refractivity contribution in [2.45, 2.75) is 26.7 Å². The molecule has 0 aliphatic carbocycles. The van der Waals surface area contributed by atoms with Crippen LogP contribution in [0.2, 0.25) is 0 Å². The molecule has 0 aliphatic heterocycles. The van der Waals surface area contributed by atoms with Crippen molar-refractivity contribution in [1.29, 1.82) is 0 Å². The van der Waals surface area contributed by atoms with E-state index < -0.39 is 0 Å². The van der Waals surface area contributed by atoms with Crippen LogP contribution in [0.1, 0.15) is 26.7 Å². The third-order valence-corrected chi connectivity index (χ3v) is 3.51. The molecule has 0 atom stereocenters. The molecule has 124 valence electrons. The standard InChI is InChI=1S/C17H28N2O3/c1-17(2,12-18)13-19(3)16(20)6-5-11-22-15-9-7-14(21-4)8-10-15/h7-10H,5-6,11-13,18H2,1-4H3. The van der Waals surface area contributed by atoms with Gasteiger partial charge in [-0.1, -0.05) is 13.8 Å². The van der Waals surface area contributed by atoms with E-state index >= 15 is 0 Å². The van der Waals surface area contributed by atoms with E-state index in [1.54, 1.807) is 12.0 Å². The van der Waals surface area contributed by atoms with Crippen LogP contribution in [-0.2, 0) is 4.79 Å². The number of rotatable bonds is 9. The number of benzene rings is 1. The summed E-state index contributed by atoms with van der Waals surface area (Å²) in [4.78, 5) is 13.8. The van der Waals surface area contributed by atoms with E-state index in [-0.39, 0.29) is 11.3 Å². The topological polar surface area (TPSA) is 64.8 Å². The van der Waals surface area contributed by atoms with Gasteiger partial charge in [0.15, 0.2) is 0 Å². The molecule has 22 heavy (non-hydrogen) atoms. The van der Waals surface area contributed by atoms with Gasteiger partial charge >= 0.3 is 0 Å². The van der Waals surface area contributed by atoms with Crippen LogP contribution in [0.15, 0.2) is 24.3 Å².